The first-order valence-electron chi connectivity index (χ1n) is 6.04. The van der Waals surface area contributed by atoms with Crippen LogP contribution in [-0.4, -0.2) is 63.8 Å². The van der Waals surface area contributed by atoms with Crippen LogP contribution in [0, 0.1) is 0 Å². The molecule has 0 bridgehead atoms. The van der Waals surface area contributed by atoms with Crippen LogP contribution in [0.4, 0.5) is 0 Å². The number of ether oxygens (including phenoxy) is 1. The number of rotatable bonds is 9. The fourth-order valence-electron chi connectivity index (χ4n) is 1.15. The fourth-order valence-corrected chi connectivity index (χ4v) is 1.15. The van der Waals surface area contributed by atoms with Crippen LogP contribution in [0.5, 0.6) is 0 Å². The molecule has 0 heterocycles. The lowest BCUT2D eigenvalue weighted by Crippen LogP contribution is -2.48. The standard InChI is InChI=1S/C12H27N3O2/c1-12(2,15(3)4)10-13-9-11(16)14-7-6-8-17-5/h13H,6-10H2,1-5H3,(H,14,16). The largest absolute Gasteiger partial charge is 0.385 e. The second-order valence-corrected chi connectivity index (χ2v) is 5.01. The van der Waals surface area contributed by atoms with E-state index in [0.29, 0.717) is 19.7 Å². The molecule has 102 valence electrons. The van der Waals surface area contributed by atoms with Crippen molar-refractivity contribution in [3.8, 4) is 0 Å². The SMILES string of the molecule is COCCCNC(=O)CNCC(C)(C)N(C)C. The van der Waals surface area contributed by atoms with Crippen molar-refractivity contribution in [3.05, 3.63) is 0 Å². The van der Waals surface area contributed by atoms with E-state index in [0.717, 1.165) is 13.0 Å². The van der Waals surface area contributed by atoms with Gasteiger partial charge in [-0.3, -0.25) is 4.79 Å². The number of hydrogen-bond acceptors (Lipinski definition) is 4. The Morgan fingerprint density at radius 1 is 1.35 bits per heavy atom. The zero-order valence-electron chi connectivity index (χ0n) is 11.8. The lowest BCUT2D eigenvalue weighted by Gasteiger charge is -2.32. The van der Waals surface area contributed by atoms with Gasteiger partial charge in [0.05, 0.1) is 6.54 Å². The highest BCUT2D eigenvalue weighted by molar-refractivity contribution is 5.77. The molecule has 0 rings (SSSR count). The van der Waals surface area contributed by atoms with Crippen LogP contribution in [0.15, 0.2) is 0 Å². The van der Waals surface area contributed by atoms with Crippen molar-refractivity contribution in [1.29, 1.82) is 0 Å². The second-order valence-electron chi connectivity index (χ2n) is 5.01. The molecule has 0 saturated heterocycles. The summed E-state index contributed by atoms with van der Waals surface area (Å²) in [5, 5.41) is 6.00. The van der Waals surface area contributed by atoms with E-state index < -0.39 is 0 Å². The van der Waals surface area contributed by atoms with E-state index >= 15 is 0 Å². The number of nitrogens with one attached hydrogen (secondary N) is 2. The molecule has 0 aromatic rings. The minimum Gasteiger partial charge on any atom is -0.385 e. The Bertz CT molecular complexity index is 218. The van der Waals surface area contributed by atoms with Crippen LogP contribution >= 0.6 is 0 Å². The monoisotopic (exact) mass is 245 g/mol. The summed E-state index contributed by atoms with van der Waals surface area (Å²) in [5.41, 5.74) is 0.0519. The van der Waals surface area contributed by atoms with Crippen LogP contribution in [0.1, 0.15) is 20.3 Å². The smallest absolute Gasteiger partial charge is 0.233 e. The predicted molar refractivity (Wildman–Crippen MR) is 70.1 cm³/mol. The van der Waals surface area contributed by atoms with Gasteiger partial charge in [-0.1, -0.05) is 0 Å². The van der Waals surface area contributed by atoms with Crippen LogP contribution in [0.3, 0.4) is 0 Å². The van der Waals surface area contributed by atoms with Gasteiger partial charge in [-0.15, -0.1) is 0 Å². The lowest BCUT2D eigenvalue weighted by molar-refractivity contribution is -0.120. The summed E-state index contributed by atoms with van der Waals surface area (Å²) in [6.45, 7) is 6.77. The van der Waals surface area contributed by atoms with E-state index in [1.165, 1.54) is 0 Å². The Labute approximate surface area is 105 Å². The minimum atomic E-state index is 0.0376. The van der Waals surface area contributed by atoms with E-state index in [4.69, 9.17) is 4.74 Å². The highest BCUT2D eigenvalue weighted by atomic mass is 16.5. The molecule has 0 aromatic carbocycles. The van der Waals surface area contributed by atoms with Gasteiger partial charge in [-0.05, 0) is 34.4 Å². The molecule has 0 spiro atoms. The Balaban J connectivity index is 3.58. The van der Waals surface area contributed by atoms with E-state index in [1.54, 1.807) is 7.11 Å². The maximum atomic E-state index is 11.4. The van der Waals surface area contributed by atoms with Crippen molar-refractivity contribution in [2.45, 2.75) is 25.8 Å². The van der Waals surface area contributed by atoms with E-state index in [-0.39, 0.29) is 11.4 Å². The second kappa shape index (κ2) is 8.44. The van der Waals surface area contributed by atoms with Gasteiger partial charge < -0.3 is 20.3 Å². The van der Waals surface area contributed by atoms with Crippen LogP contribution in [0.2, 0.25) is 0 Å². The topological polar surface area (TPSA) is 53.6 Å². The molecule has 0 aliphatic carbocycles. The first kappa shape index (κ1) is 16.4. The summed E-state index contributed by atoms with van der Waals surface area (Å²) < 4.78 is 4.90. The number of methoxy groups -OCH3 is 1. The Kier molecular flexibility index (Phi) is 8.12. The van der Waals surface area contributed by atoms with Crippen molar-refractivity contribution < 1.29 is 9.53 Å². The van der Waals surface area contributed by atoms with Gasteiger partial charge in [0.1, 0.15) is 0 Å². The molecule has 0 aliphatic rings. The molecule has 0 radical (unpaired) electrons. The molecule has 2 N–H and O–H groups in total. The zero-order chi connectivity index (χ0) is 13.3. The third-order valence-corrected chi connectivity index (χ3v) is 2.90. The molecule has 0 aliphatic heterocycles. The van der Waals surface area contributed by atoms with Gasteiger partial charge in [-0.25, -0.2) is 0 Å². The summed E-state index contributed by atoms with van der Waals surface area (Å²) in [4.78, 5) is 13.6. The van der Waals surface area contributed by atoms with Crippen LogP contribution in [-0.2, 0) is 9.53 Å². The molecule has 1 amide bonds. The number of carbonyl (C=O) groups excluding carboxylic acids is 1. The molecule has 0 fully saturated rings. The Morgan fingerprint density at radius 3 is 2.53 bits per heavy atom. The van der Waals surface area contributed by atoms with Gasteiger partial charge >= 0.3 is 0 Å². The van der Waals surface area contributed by atoms with Crippen LogP contribution < -0.4 is 10.6 Å². The van der Waals surface area contributed by atoms with Gasteiger partial charge in [0.25, 0.3) is 0 Å². The third kappa shape index (κ3) is 8.12. The Hall–Kier alpha value is -0.650. The van der Waals surface area contributed by atoms with Crippen molar-refractivity contribution in [3.63, 3.8) is 0 Å². The van der Waals surface area contributed by atoms with E-state index in [9.17, 15) is 4.79 Å². The fraction of sp³-hybridized carbons (Fsp3) is 0.917. The summed E-state index contributed by atoms with van der Waals surface area (Å²) in [7, 11) is 5.73. The average molecular weight is 245 g/mol. The molecule has 0 atom stereocenters. The highest BCUT2D eigenvalue weighted by Gasteiger charge is 2.19. The van der Waals surface area contributed by atoms with Crippen LogP contribution in [0.25, 0.3) is 0 Å². The van der Waals surface area contributed by atoms with Crippen molar-refractivity contribution >= 4 is 5.91 Å². The van der Waals surface area contributed by atoms with Gasteiger partial charge in [-0.2, -0.15) is 0 Å². The molecular weight excluding hydrogens is 218 g/mol. The zero-order valence-corrected chi connectivity index (χ0v) is 11.8. The maximum absolute atomic E-state index is 11.4. The number of likely N-dealkylation sites (N-methyl/N-ethyl adjacent to an activating group) is 1. The first-order valence-corrected chi connectivity index (χ1v) is 6.04. The lowest BCUT2D eigenvalue weighted by atomic mass is 10.0. The quantitative estimate of drug-likeness (QED) is 0.564. The van der Waals surface area contributed by atoms with E-state index in [2.05, 4.69) is 29.4 Å². The summed E-state index contributed by atoms with van der Waals surface area (Å²) >= 11 is 0. The minimum absolute atomic E-state index is 0.0376. The number of carbonyl (C=O) groups is 1. The van der Waals surface area contributed by atoms with E-state index in [1.807, 2.05) is 14.1 Å². The van der Waals surface area contributed by atoms with Gasteiger partial charge in [0.15, 0.2) is 0 Å². The number of amides is 1. The van der Waals surface area contributed by atoms with Crippen molar-refractivity contribution in [2.75, 3.05) is 47.4 Å². The molecule has 0 aromatic heterocycles. The Morgan fingerprint density at radius 2 is 2.00 bits per heavy atom. The summed E-state index contributed by atoms with van der Waals surface area (Å²) in [6, 6.07) is 0. The van der Waals surface area contributed by atoms with Crippen molar-refractivity contribution in [2.24, 2.45) is 0 Å². The molecule has 0 unspecified atom stereocenters. The molecule has 5 nitrogen and oxygen atoms in total. The molecule has 5 heteroatoms. The maximum Gasteiger partial charge on any atom is 0.233 e. The molecule has 17 heavy (non-hydrogen) atoms. The molecule has 0 saturated carbocycles. The number of hydrogen-bond donors (Lipinski definition) is 2. The summed E-state index contributed by atoms with van der Waals surface area (Å²) in [5.74, 6) is 0.0376. The molecular formula is C12H27N3O2. The normalized spacial score (nSPS) is 11.9. The number of nitrogens with zero attached hydrogens (tertiary/aromatic N) is 1. The van der Waals surface area contributed by atoms with Gasteiger partial charge in [0, 0.05) is 32.3 Å². The average Bonchev–Trinajstić information content (AvgIpc) is 2.24. The summed E-state index contributed by atoms with van der Waals surface area (Å²) in [6.07, 6.45) is 0.853. The first-order chi connectivity index (χ1) is 7.90. The van der Waals surface area contributed by atoms with Gasteiger partial charge in [0.2, 0.25) is 5.91 Å². The third-order valence-electron chi connectivity index (χ3n) is 2.90. The highest BCUT2D eigenvalue weighted by Crippen LogP contribution is 2.07. The van der Waals surface area contributed by atoms with Crippen molar-refractivity contribution in [1.82, 2.24) is 15.5 Å². The predicted octanol–water partition coefficient (Wildman–Crippen LogP) is 0.0689.